The zero-order valence-electron chi connectivity index (χ0n) is 10.7. The summed E-state index contributed by atoms with van der Waals surface area (Å²) in [5, 5.41) is 3.01. The Balaban J connectivity index is 2.03. The summed E-state index contributed by atoms with van der Waals surface area (Å²) >= 11 is 0. The van der Waals surface area contributed by atoms with Crippen molar-refractivity contribution in [3.8, 4) is 0 Å². The van der Waals surface area contributed by atoms with Crippen LogP contribution in [0, 0.1) is 5.92 Å². The van der Waals surface area contributed by atoms with Crippen LogP contribution in [0.5, 0.6) is 0 Å². The summed E-state index contributed by atoms with van der Waals surface area (Å²) in [6.45, 7) is 5.23. The van der Waals surface area contributed by atoms with Crippen molar-refractivity contribution in [2.75, 3.05) is 26.2 Å². The van der Waals surface area contributed by atoms with Gasteiger partial charge >= 0.3 is 0 Å². The number of rotatable bonds is 3. The molecule has 1 N–H and O–H groups in total. The molecule has 2 saturated heterocycles. The maximum Gasteiger partial charge on any atom is 0.218 e. The molecule has 100 valence electrons. The van der Waals surface area contributed by atoms with Crippen LogP contribution in [0.1, 0.15) is 39.0 Å². The number of hydrogen-bond donors (Lipinski definition) is 1. The molecule has 2 fully saturated rings. The number of piperidine rings is 2. The zero-order valence-corrected chi connectivity index (χ0v) is 11.5. The Bertz CT molecular complexity index is 336. The molecule has 0 bridgehead atoms. The third-order valence-corrected chi connectivity index (χ3v) is 6.39. The standard InChI is InChI=1S/C12H24N2O2S/c1-2-11-5-4-8-14(10-11)17(15,16)12-6-3-7-13-9-12/h11-13H,2-10H2,1H3. The summed E-state index contributed by atoms with van der Waals surface area (Å²) in [6.07, 6.45) is 5.11. The molecular weight excluding hydrogens is 236 g/mol. The molecule has 0 spiro atoms. The van der Waals surface area contributed by atoms with Crippen molar-refractivity contribution in [3.05, 3.63) is 0 Å². The lowest BCUT2D eigenvalue weighted by molar-refractivity contribution is 0.257. The first-order valence-corrected chi connectivity index (χ1v) is 8.34. The Hall–Kier alpha value is -0.130. The Morgan fingerprint density at radius 3 is 2.76 bits per heavy atom. The van der Waals surface area contributed by atoms with Crippen LogP contribution in [0.15, 0.2) is 0 Å². The van der Waals surface area contributed by atoms with Gasteiger partial charge in [0.25, 0.3) is 0 Å². The summed E-state index contributed by atoms with van der Waals surface area (Å²) in [7, 11) is -3.06. The minimum Gasteiger partial charge on any atom is -0.315 e. The average Bonchev–Trinajstić information content (AvgIpc) is 2.40. The topological polar surface area (TPSA) is 49.4 Å². The lowest BCUT2D eigenvalue weighted by atomic mass is 9.97. The minimum atomic E-state index is -3.06. The highest BCUT2D eigenvalue weighted by Gasteiger charge is 2.35. The quantitative estimate of drug-likeness (QED) is 0.829. The molecule has 2 rings (SSSR count). The van der Waals surface area contributed by atoms with Crippen LogP contribution in [0.25, 0.3) is 0 Å². The molecule has 0 saturated carbocycles. The Morgan fingerprint density at radius 1 is 1.29 bits per heavy atom. The fraction of sp³-hybridized carbons (Fsp3) is 1.00. The molecule has 4 nitrogen and oxygen atoms in total. The van der Waals surface area contributed by atoms with Gasteiger partial charge < -0.3 is 5.32 Å². The van der Waals surface area contributed by atoms with Gasteiger partial charge in [-0.3, -0.25) is 0 Å². The second-order valence-corrected chi connectivity index (χ2v) is 7.50. The molecule has 5 heteroatoms. The largest absolute Gasteiger partial charge is 0.315 e. The van der Waals surface area contributed by atoms with Crippen LogP contribution >= 0.6 is 0 Å². The molecule has 2 aliphatic rings. The van der Waals surface area contributed by atoms with Crippen molar-refractivity contribution in [2.24, 2.45) is 5.92 Å². The SMILES string of the molecule is CCC1CCCN(S(=O)(=O)C2CCCNC2)C1. The predicted molar refractivity (Wildman–Crippen MR) is 69.4 cm³/mol. The molecule has 2 heterocycles. The molecule has 0 amide bonds. The molecule has 17 heavy (non-hydrogen) atoms. The second kappa shape index (κ2) is 5.67. The first-order chi connectivity index (χ1) is 8.14. The zero-order chi connectivity index (χ0) is 12.3. The van der Waals surface area contributed by atoms with Crippen LogP contribution in [-0.2, 0) is 10.0 Å². The van der Waals surface area contributed by atoms with Crippen molar-refractivity contribution < 1.29 is 8.42 Å². The highest BCUT2D eigenvalue weighted by Crippen LogP contribution is 2.25. The van der Waals surface area contributed by atoms with Gasteiger partial charge in [0.05, 0.1) is 5.25 Å². The number of sulfonamides is 1. The van der Waals surface area contributed by atoms with Gasteiger partial charge in [-0.2, -0.15) is 0 Å². The van der Waals surface area contributed by atoms with E-state index < -0.39 is 10.0 Å². The van der Waals surface area contributed by atoms with E-state index in [1.807, 2.05) is 0 Å². The normalized spacial score (nSPS) is 32.5. The maximum atomic E-state index is 12.5. The third-order valence-electron chi connectivity index (χ3n) is 4.09. The molecule has 2 unspecified atom stereocenters. The van der Waals surface area contributed by atoms with Crippen LogP contribution in [0.2, 0.25) is 0 Å². The first-order valence-electron chi connectivity index (χ1n) is 6.84. The van der Waals surface area contributed by atoms with Gasteiger partial charge in [-0.15, -0.1) is 0 Å². The van der Waals surface area contributed by atoms with E-state index in [1.165, 1.54) is 6.42 Å². The van der Waals surface area contributed by atoms with E-state index in [9.17, 15) is 8.42 Å². The van der Waals surface area contributed by atoms with Crippen LogP contribution < -0.4 is 5.32 Å². The van der Waals surface area contributed by atoms with Crippen molar-refractivity contribution in [1.82, 2.24) is 9.62 Å². The summed E-state index contributed by atoms with van der Waals surface area (Å²) in [4.78, 5) is 0. The van der Waals surface area contributed by atoms with Crippen molar-refractivity contribution >= 4 is 10.0 Å². The van der Waals surface area contributed by atoms with Crippen LogP contribution in [-0.4, -0.2) is 44.2 Å². The lowest BCUT2D eigenvalue weighted by Crippen LogP contribution is -2.49. The van der Waals surface area contributed by atoms with Crippen molar-refractivity contribution in [1.29, 1.82) is 0 Å². The smallest absolute Gasteiger partial charge is 0.218 e. The van der Waals surface area contributed by atoms with Gasteiger partial charge in [-0.05, 0) is 38.1 Å². The molecule has 0 aromatic carbocycles. The molecule has 0 aliphatic carbocycles. The molecule has 0 aromatic heterocycles. The summed E-state index contributed by atoms with van der Waals surface area (Å²) in [6, 6.07) is 0. The number of hydrogen-bond acceptors (Lipinski definition) is 3. The Morgan fingerprint density at radius 2 is 2.12 bits per heavy atom. The Labute approximate surface area is 105 Å². The monoisotopic (exact) mass is 260 g/mol. The van der Waals surface area contributed by atoms with Crippen molar-refractivity contribution in [2.45, 2.75) is 44.3 Å². The van der Waals surface area contributed by atoms with Gasteiger partial charge in [-0.1, -0.05) is 13.3 Å². The van der Waals surface area contributed by atoms with E-state index >= 15 is 0 Å². The van der Waals surface area contributed by atoms with Crippen molar-refractivity contribution in [3.63, 3.8) is 0 Å². The van der Waals surface area contributed by atoms with Crippen LogP contribution in [0.4, 0.5) is 0 Å². The van der Waals surface area contributed by atoms with Gasteiger partial charge in [0, 0.05) is 19.6 Å². The number of nitrogens with zero attached hydrogens (tertiary/aromatic N) is 1. The number of nitrogens with one attached hydrogen (secondary N) is 1. The third kappa shape index (κ3) is 3.01. The Kier molecular flexibility index (Phi) is 4.44. The fourth-order valence-electron chi connectivity index (χ4n) is 2.88. The minimum absolute atomic E-state index is 0.188. The maximum absolute atomic E-state index is 12.5. The van der Waals surface area contributed by atoms with Gasteiger partial charge in [0.2, 0.25) is 10.0 Å². The van der Waals surface area contributed by atoms with E-state index in [0.717, 1.165) is 45.3 Å². The second-order valence-electron chi connectivity index (χ2n) is 5.29. The molecule has 0 aromatic rings. The molecular formula is C12H24N2O2S. The van der Waals surface area contributed by atoms with Gasteiger partial charge in [0.15, 0.2) is 0 Å². The molecule has 2 aliphatic heterocycles. The predicted octanol–water partition coefficient (Wildman–Crippen LogP) is 1.19. The van der Waals surface area contributed by atoms with Crippen LogP contribution in [0.3, 0.4) is 0 Å². The van der Waals surface area contributed by atoms with Gasteiger partial charge in [0.1, 0.15) is 0 Å². The lowest BCUT2D eigenvalue weighted by Gasteiger charge is -2.35. The molecule has 2 atom stereocenters. The average molecular weight is 260 g/mol. The highest BCUT2D eigenvalue weighted by molar-refractivity contribution is 7.89. The van der Waals surface area contributed by atoms with E-state index in [2.05, 4.69) is 12.2 Å². The summed E-state index contributed by atoms with van der Waals surface area (Å²) in [5.74, 6) is 0.565. The van der Waals surface area contributed by atoms with E-state index in [0.29, 0.717) is 12.5 Å². The molecule has 0 radical (unpaired) electrons. The van der Waals surface area contributed by atoms with E-state index in [1.54, 1.807) is 4.31 Å². The summed E-state index contributed by atoms with van der Waals surface area (Å²) in [5.41, 5.74) is 0. The van der Waals surface area contributed by atoms with E-state index in [4.69, 9.17) is 0 Å². The summed E-state index contributed by atoms with van der Waals surface area (Å²) < 4.78 is 26.7. The fourth-order valence-corrected chi connectivity index (χ4v) is 4.89. The first kappa shape index (κ1) is 13.3. The van der Waals surface area contributed by atoms with E-state index in [-0.39, 0.29) is 5.25 Å². The van der Waals surface area contributed by atoms with Gasteiger partial charge in [-0.25, -0.2) is 12.7 Å². The highest BCUT2D eigenvalue weighted by atomic mass is 32.2.